The molecule has 0 saturated carbocycles. The van der Waals surface area contributed by atoms with E-state index in [-0.39, 0.29) is 22.2 Å². The van der Waals surface area contributed by atoms with Gasteiger partial charge >= 0.3 is 0 Å². The lowest BCUT2D eigenvalue weighted by molar-refractivity contribution is -0.0757. The molecule has 51 heavy (non-hydrogen) atoms. The minimum Gasteiger partial charge on any atom is -0.274 e. The standard InChI is InChI=1S/C45H45NO2S3/c1-42(2,3)27-21-29-22-32(36-15-16-39(50-36)40-18-17-38(51-40)37-12-11-19-49-37)35-25-28(43(4,5)6)24-34-31-20-26(41(47)46(9)48-10)13-14-30(31)33(23-27)44(29,7)45(34,35)8/h11-25H,1-10H3/t44-,45+/m0/s1. The predicted molar refractivity (Wildman–Crippen MR) is 218 cm³/mol. The van der Waals surface area contributed by atoms with Crippen LogP contribution in [0.3, 0.4) is 0 Å². The van der Waals surface area contributed by atoms with Crippen LogP contribution in [0.4, 0.5) is 0 Å². The van der Waals surface area contributed by atoms with Gasteiger partial charge in [0.05, 0.1) is 7.11 Å². The summed E-state index contributed by atoms with van der Waals surface area (Å²) in [5.41, 5.74) is 8.99. The zero-order chi connectivity index (χ0) is 36.2. The third-order valence-corrected chi connectivity index (χ3v) is 15.1. The van der Waals surface area contributed by atoms with Gasteiger partial charge in [0.1, 0.15) is 0 Å². The van der Waals surface area contributed by atoms with Crippen LogP contribution in [0.2, 0.25) is 0 Å². The summed E-state index contributed by atoms with van der Waals surface area (Å²) in [5, 5.41) is 5.79. The number of allylic oxidation sites excluding steroid dienone is 10. The number of carbonyl (C=O) groups excluding carboxylic acids is 1. The SMILES string of the molecule is CON(C)C(=O)c1ccc2c(c1)=C1C=C(C(C)(C)C)C=C3C(c4ccc(-c5ccc(-c6cccs6)s5)s4)=CC4=CC(C(C)(C)C)=CC=2[C@@]4(C)[C@@]31C. The molecule has 3 heterocycles. The van der Waals surface area contributed by atoms with Crippen molar-refractivity contribution < 1.29 is 9.63 Å². The molecule has 4 aromatic rings. The predicted octanol–water partition coefficient (Wildman–Crippen LogP) is 11.1. The first-order valence-electron chi connectivity index (χ1n) is 17.6. The summed E-state index contributed by atoms with van der Waals surface area (Å²) in [6, 6.07) is 19.8. The van der Waals surface area contributed by atoms with Crippen molar-refractivity contribution in [2.45, 2.75) is 55.4 Å². The largest absolute Gasteiger partial charge is 0.277 e. The lowest BCUT2D eigenvalue weighted by atomic mass is 9.44. The van der Waals surface area contributed by atoms with Gasteiger partial charge in [0.25, 0.3) is 5.91 Å². The molecule has 3 aromatic heterocycles. The Kier molecular flexibility index (Phi) is 7.80. The highest BCUT2D eigenvalue weighted by molar-refractivity contribution is 7.26. The number of hydrogen-bond donors (Lipinski definition) is 0. The van der Waals surface area contributed by atoms with E-state index in [0.29, 0.717) is 5.56 Å². The molecule has 0 unspecified atom stereocenters. The summed E-state index contributed by atoms with van der Waals surface area (Å²) in [7, 11) is 3.20. The van der Waals surface area contributed by atoms with Crippen LogP contribution in [0.1, 0.15) is 70.6 Å². The van der Waals surface area contributed by atoms with Crippen LogP contribution in [0.15, 0.2) is 113 Å². The second-order valence-electron chi connectivity index (χ2n) is 16.5. The summed E-state index contributed by atoms with van der Waals surface area (Å²) >= 11 is 5.56. The fourth-order valence-corrected chi connectivity index (χ4v) is 11.2. The van der Waals surface area contributed by atoms with Gasteiger partial charge in [-0.15, -0.1) is 34.0 Å². The van der Waals surface area contributed by atoms with Crippen LogP contribution < -0.4 is 10.4 Å². The van der Waals surface area contributed by atoms with Crippen LogP contribution in [0, 0.1) is 21.7 Å². The van der Waals surface area contributed by atoms with Gasteiger partial charge in [0.2, 0.25) is 0 Å². The molecule has 4 aliphatic rings. The van der Waals surface area contributed by atoms with Crippen LogP contribution in [-0.4, -0.2) is 25.1 Å². The first kappa shape index (κ1) is 34.3. The average Bonchev–Trinajstić information content (AvgIpc) is 3.88. The number of hydroxylamine groups is 2. The van der Waals surface area contributed by atoms with Crippen molar-refractivity contribution in [1.82, 2.24) is 5.06 Å². The summed E-state index contributed by atoms with van der Waals surface area (Å²) in [5.74, 6) is -0.155. The molecular formula is C45H45NO2S3. The molecular weight excluding hydrogens is 683 g/mol. The van der Waals surface area contributed by atoms with E-state index in [2.05, 4.69) is 140 Å². The molecule has 0 fully saturated rings. The van der Waals surface area contributed by atoms with Gasteiger partial charge in [-0.2, -0.15) is 0 Å². The zero-order valence-electron chi connectivity index (χ0n) is 31.1. The van der Waals surface area contributed by atoms with Crippen LogP contribution in [-0.2, 0) is 4.84 Å². The van der Waals surface area contributed by atoms with E-state index in [9.17, 15) is 4.79 Å². The third-order valence-electron chi connectivity index (χ3n) is 11.6. The molecule has 0 bridgehead atoms. The first-order chi connectivity index (χ1) is 24.1. The Bertz CT molecular complexity index is 2430. The summed E-state index contributed by atoms with van der Waals surface area (Å²) in [4.78, 5) is 25.4. The molecule has 3 nitrogen and oxygen atoms in total. The molecule has 1 aromatic carbocycles. The average molecular weight is 728 g/mol. The zero-order valence-corrected chi connectivity index (χ0v) is 33.6. The van der Waals surface area contributed by atoms with Gasteiger partial charge in [0.15, 0.2) is 0 Å². The van der Waals surface area contributed by atoms with Crippen molar-refractivity contribution in [3.8, 4) is 19.5 Å². The van der Waals surface area contributed by atoms with E-state index in [1.165, 1.54) is 80.8 Å². The Balaban J connectivity index is 1.42. The number of thiophene rings is 3. The van der Waals surface area contributed by atoms with E-state index in [1.54, 1.807) is 18.4 Å². The number of carbonyl (C=O) groups is 1. The molecule has 0 aliphatic heterocycles. The molecule has 0 radical (unpaired) electrons. The van der Waals surface area contributed by atoms with Crippen molar-refractivity contribution in [1.29, 1.82) is 0 Å². The van der Waals surface area contributed by atoms with Crippen molar-refractivity contribution in [3.05, 3.63) is 134 Å². The third kappa shape index (κ3) is 5.08. The maximum Gasteiger partial charge on any atom is 0.277 e. The highest BCUT2D eigenvalue weighted by atomic mass is 32.1. The molecule has 0 N–H and O–H groups in total. The van der Waals surface area contributed by atoms with Gasteiger partial charge in [-0.25, -0.2) is 5.06 Å². The van der Waals surface area contributed by atoms with Gasteiger partial charge in [-0.1, -0.05) is 91.8 Å². The normalized spacial score (nSPS) is 22.4. The van der Waals surface area contributed by atoms with Gasteiger partial charge in [-0.3, -0.25) is 9.63 Å². The maximum atomic E-state index is 13.5. The molecule has 4 aliphatic carbocycles. The summed E-state index contributed by atoms with van der Waals surface area (Å²) < 4.78 is 0. The van der Waals surface area contributed by atoms with Crippen LogP contribution in [0.5, 0.6) is 0 Å². The number of fused-ring (bicyclic) bond motifs is 1. The topological polar surface area (TPSA) is 29.5 Å². The summed E-state index contributed by atoms with van der Waals surface area (Å²) in [6.07, 6.45) is 12.4. The van der Waals surface area contributed by atoms with E-state index < -0.39 is 5.41 Å². The first-order valence-corrected chi connectivity index (χ1v) is 20.1. The Hall–Kier alpha value is -3.81. The molecule has 8 rings (SSSR count). The van der Waals surface area contributed by atoms with Gasteiger partial charge in [0, 0.05) is 47.8 Å². The van der Waals surface area contributed by atoms with Crippen molar-refractivity contribution in [2.75, 3.05) is 14.2 Å². The smallest absolute Gasteiger partial charge is 0.274 e. The van der Waals surface area contributed by atoms with Crippen LogP contribution >= 0.6 is 34.0 Å². The minimum atomic E-state index is -0.395. The molecule has 2 atom stereocenters. The highest BCUT2D eigenvalue weighted by Gasteiger charge is 2.59. The van der Waals surface area contributed by atoms with Crippen LogP contribution in [0.25, 0.3) is 36.2 Å². The number of benzene rings is 1. The van der Waals surface area contributed by atoms with E-state index in [1.807, 2.05) is 28.7 Å². The second kappa shape index (κ2) is 11.6. The van der Waals surface area contributed by atoms with E-state index in [0.717, 1.165) is 5.22 Å². The monoisotopic (exact) mass is 727 g/mol. The minimum absolute atomic E-state index is 0.0466. The van der Waals surface area contributed by atoms with Gasteiger partial charge in [-0.05, 0) is 114 Å². The fourth-order valence-electron chi connectivity index (χ4n) is 8.26. The quantitative estimate of drug-likeness (QED) is 0.192. The molecule has 6 heteroatoms. The van der Waals surface area contributed by atoms with Crippen molar-refractivity contribution >= 4 is 56.6 Å². The molecule has 1 amide bonds. The lowest BCUT2D eigenvalue weighted by Crippen LogP contribution is -2.55. The number of hydrogen-bond acceptors (Lipinski definition) is 5. The Morgan fingerprint density at radius 1 is 0.686 bits per heavy atom. The molecule has 0 saturated heterocycles. The number of nitrogens with zero attached hydrogens (tertiary/aromatic N) is 1. The van der Waals surface area contributed by atoms with Crippen molar-refractivity contribution in [2.24, 2.45) is 21.7 Å². The number of amides is 1. The van der Waals surface area contributed by atoms with Crippen molar-refractivity contribution in [3.63, 3.8) is 0 Å². The van der Waals surface area contributed by atoms with Gasteiger partial charge < -0.3 is 0 Å². The van der Waals surface area contributed by atoms with E-state index >= 15 is 0 Å². The highest BCUT2D eigenvalue weighted by Crippen LogP contribution is 2.69. The molecule has 0 spiro atoms. The van der Waals surface area contributed by atoms with E-state index in [4.69, 9.17) is 4.84 Å². The maximum absolute atomic E-state index is 13.5. The second-order valence-corrected chi connectivity index (χ2v) is 19.7. The molecule has 260 valence electrons. The Labute approximate surface area is 314 Å². The Morgan fingerprint density at radius 2 is 1.27 bits per heavy atom. The Morgan fingerprint density at radius 3 is 1.88 bits per heavy atom. The fraction of sp³-hybridized carbons (Fsp3) is 0.311. The lowest BCUT2D eigenvalue weighted by Gasteiger charge is -2.58. The number of rotatable bonds is 5. The summed E-state index contributed by atoms with van der Waals surface area (Å²) in [6.45, 7) is 18.7.